The summed E-state index contributed by atoms with van der Waals surface area (Å²) in [5.41, 5.74) is 0. The van der Waals surface area contributed by atoms with Gasteiger partial charge in [-0.25, -0.2) is 0 Å². The lowest BCUT2D eigenvalue weighted by molar-refractivity contribution is -0.196. The molecular weight excluding hydrogens is 290 g/mol. The SMILES string of the molecule is CC(=O)OC1[C@@H](OC(C)=O)[C@H]2CC=CC[C@H](N2)[C@H]1OC(C)=O. The molecule has 5 atom stereocenters. The van der Waals surface area contributed by atoms with Gasteiger partial charge in [0.15, 0.2) is 18.3 Å². The quantitative estimate of drug-likeness (QED) is 0.460. The second kappa shape index (κ2) is 6.91. The highest BCUT2D eigenvalue weighted by atomic mass is 16.6. The van der Waals surface area contributed by atoms with Gasteiger partial charge in [0.05, 0.1) is 12.1 Å². The second-order valence-corrected chi connectivity index (χ2v) is 5.54. The monoisotopic (exact) mass is 311 g/mol. The van der Waals surface area contributed by atoms with Crippen LogP contribution in [0.2, 0.25) is 0 Å². The molecule has 0 saturated carbocycles. The maximum absolute atomic E-state index is 11.4. The zero-order valence-electron chi connectivity index (χ0n) is 12.9. The van der Waals surface area contributed by atoms with Crippen molar-refractivity contribution < 1.29 is 28.6 Å². The Labute approximate surface area is 129 Å². The van der Waals surface area contributed by atoms with Crippen LogP contribution in [0.15, 0.2) is 12.2 Å². The summed E-state index contributed by atoms with van der Waals surface area (Å²) in [7, 11) is 0. The number of fused-ring (bicyclic) bond motifs is 2. The Morgan fingerprint density at radius 1 is 0.773 bits per heavy atom. The second-order valence-electron chi connectivity index (χ2n) is 5.54. The first-order chi connectivity index (χ1) is 10.4. The number of nitrogens with one attached hydrogen (secondary N) is 1. The lowest BCUT2D eigenvalue weighted by Gasteiger charge is -2.44. The van der Waals surface area contributed by atoms with Crippen LogP contribution in [0.1, 0.15) is 33.6 Å². The molecule has 7 nitrogen and oxygen atoms in total. The van der Waals surface area contributed by atoms with Crippen molar-refractivity contribution in [3.05, 3.63) is 12.2 Å². The number of esters is 3. The summed E-state index contributed by atoms with van der Waals surface area (Å²) in [5, 5.41) is 3.32. The number of piperidine rings is 1. The lowest BCUT2D eigenvalue weighted by atomic mass is 9.88. The minimum Gasteiger partial charge on any atom is -0.457 e. The van der Waals surface area contributed by atoms with Gasteiger partial charge in [0.1, 0.15) is 0 Å². The molecule has 0 aromatic rings. The standard InChI is InChI=1S/C15H21NO6/c1-8(17)20-13-11-6-4-5-7-12(16-11)14(21-9(2)18)15(13)22-10(3)19/h4-5,11-16H,6-7H2,1-3H3/t11-,12+,13+,14-,15?. The van der Waals surface area contributed by atoms with Gasteiger partial charge in [0.25, 0.3) is 0 Å². The molecular formula is C15H21NO6. The molecule has 0 amide bonds. The molecule has 1 N–H and O–H groups in total. The van der Waals surface area contributed by atoms with Crippen molar-refractivity contribution in [1.82, 2.24) is 5.32 Å². The molecule has 0 spiro atoms. The molecule has 0 radical (unpaired) electrons. The van der Waals surface area contributed by atoms with Crippen molar-refractivity contribution in [1.29, 1.82) is 0 Å². The summed E-state index contributed by atoms with van der Waals surface area (Å²) in [6.45, 7) is 3.87. The molecule has 2 heterocycles. The van der Waals surface area contributed by atoms with E-state index < -0.39 is 36.2 Å². The molecule has 2 aliphatic heterocycles. The number of hydrogen-bond donors (Lipinski definition) is 1. The van der Waals surface area contributed by atoms with Crippen molar-refractivity contribution in [2.24, 2.45) is 0 Å². The van der Waals surface area contributed by atoms with Gasteiger partial charge in [-0.15, -0.1) is 0 Å². The van der Waals surface area contributed by atoms with E-state index in [4.69, 9.17) is 14.2 Å². The summed E-state index contributed by atoms with van der Waals surface area (Å²) in [6, 6.07) is -0.382. The van der Waals surface area contributed by atoms with Crippen LogP contribution >= 0.6 is 0 Å². The van der Waals surface area contributed by atoms with Crippen molar-refractivity contribution in [3.63, 3.8) is 0 Å². The van der Waals surface area contributed by atoms with Gasteiger partial charge in [-0.1, -0.05) is 12.2 Å². The number of carbonyl (C=O) groups excluding carboxylic acids is 3. The first-order valence-corrected chi connectivity index (χ1v) is 7.31. The molecule has 2 aliphatic rings. The first kappa shape index (κ1) is 16.5. The van der Waals surface area contributed by atoms with Crippen molar-refractivity contribution >= 4 is 17.9 Å². The first-order valence-electron chi connectivity index (χ1n) is 7.31. The fourth-order valence-electron chi connectivity index (χ4n) is 3.01. The molecule has 0 aliphatic carbocycles. The summed E-state index contributed by atoms with van der Waals surface area (Å²) in [4.78, 5) is 34.2. The third-order valence-electron chi connectivity index (χ3n) is 3.72. The Hall–Kier alpha value is -1.89. The van der Waals surface area contributed by atoms with E-state index in [1.165, 1.54) is 20.8 Å². The topological polar surface area (TPSA) is 90.9 Å². The van der Waals surface area contributed by atoms with Gasteiger partial charge in [-0.2, -0.15) is 0 Å². The van der Waals surface area contributed by atoms with E-state index in [1.807, 2.05) is 12.2 Å². The van der Waals surface area contributed by atoms with Gasteiger partial charge in [0.2, 0.25) is 0 Å². The van der Waals surface area contributed by atoms with Gasteiger partial charge in [-0.3, -0.25) is 14.4 Å². The summed E-state index contributed by atoms with van der Waals surface area (Å²) >= 11 is 0. The van der Waals surface area contributed by atoms with Crippen LogP contribution in [0.3, 0.4) is 0 Å². The molecule has 1 saturated heterocycles. The highest BCUT2D eigenvalue weighted by molar-refractivity contribution is 5.68. The normalized spacial score (nSPS) is 33.5. The van der Waals surface area contributed by atoms with Crippen molar-refractivity contribution in [2.45, 2.75) is 64.0 Å². The third kappa shape index (κ3) is 3.85. The molecule has 2 bridgehead atoms. The van der Waals surface area contributed by atoms with E-state index in [-0.39, 0.29) is 12.1 Å². The largest absolute Gasteiger partial charge is 0.457 e. The third-order valence-corrected chi connectivity index (χ3v) is 3.72. The van der Waals surface area contributed by atoms with E-state index in [2.05, 4.69) is 5.32 Å². The Kier molecular flexibility index (Phi) is 5.18. The lowest BCUT2D eigenvalue weighted by Crippen LogP contribution is -2.66. The fraction of sp³-hybridized carbons (Fsp3) is 0.667. The minimum atomic E-state index is -0.818. The maximum atomic E-state index is 11.4. The molecule has 122 valence electrons. The van der Waals surface area contributed by atoms with E-state index in [0.717, 1.165) is 0 Å². The van der Waals surface area contributed by atoms with E-state index >= 15 is 0 Å². The highest BCUT2D eigenvalue weighted by Crippen LogP contribution is 2.29. The predicted octanol–water partition coefficient (Wildman–Crippen LogP) is 0.472. The molecule has 7 heteroatoms. The van der Waals surface area contributed by atoms with Crippen molar-refractivity contribution in [3.8, 4) is 0 Å². The number of ether oxygens (including phenoxy) is 3. The van der Waals surface area contributed by atoms with E-state index in [1.54, 1.807) is 0 Å². The van der Waals surface area contributed by atoms with Crippen molar-refractivity contribution in [2.75, 3.05) is 0 Å². The molecule has 1 unspecified atom stereocenters. The average Bonchev–Trinajstić information content (AvgIpc) is 2.61. The minimum absolute atomic E-state index is 0.191. The number of hydrogen-bond acceptors (Lipinski definition) is 7. The Morgan fingerprint density at radius 3 is 1.50 bits per heavy atom. The van der Waals surface area contributed by atoms with Crippen LogP contribution in [0.25, 0.3) is 0 Å². The predicted molar refractivity (Wildman–Crippen MR) is 75.7 cm³/mol. The maximum Gasteiger partial charge on any atom is 0.303 e. The van der Waals surface area contributed by atoms with Crippen LogP contribution < -0.4 is 5.32 Å². The molecule has 0 aromatic carbocycles. The van der Waals surface area contributed by atoms with E-state index in [9.17, 15) is 14.4 Å². The number of rotatable bonds is 3. The Bertz CT molecular complexity index is 454. The van der Waals surface area contributed by atoms with Crippen LogP contribution in [0.5, 0.6) is 0 Å². The summed E-state index contributed by atoms with van der Waals surface area (Å²) < 4.78 is 16.1. The van der Waals surface area contributed by atoms with Crippen LogP contribution in [0.4, 0.5) is 0 Å². The van der Waals surface area contributed by atoms with Gasteiger partial charge in [-0.05, 0) is 12.8 Å². The highest BCUT2D eigenvalue weighted by Gasteiger charge is 2.50. The molecule has 0 aromatic heterocycles. The smallest absolute Gasteiger partial charge is 0.303 e. The van der Waals surface area contributed by atoms with E-state index in [0.29, 0.717) is 12.8 Å². The molecule has 1 fully saturated rings. The Balaban J connectivity index is 2.33. The van der Waals surface area contributed by atoms with Gasteiger partial charge in [0, 0.05) is 20.8 Å². The van der Waals surface area contributed by atoms with Crippen LogP contribution in [-0.4, -0.2) is 48.3 Å². The van der Waals surface area contributed by atoms with Crippen LogP contribution in [0, 0.1) is 0 Å². The molecule has 2 rings (SSSR count). The zero-order chi connectivity index (χ0) is 16.3. The Morgan fingerprint density at radius 2 is 1.14 bits per heavy atom. The average molecular weight is 311 g/mol. The summed E-state index contributed by atoms with van der Waals surface area (Å²) in [5.74, 6) is -1.46. The summed E-state index contributed by atoms with van der Waals surface area (Å²) in [6.07, 6.45) is 3.01. The number of carbonyl (C=O) groups is 3. The zero-order valence-corrected chi connectivity index (χ0v) is 12.9. The fourth-order valence-corrected chi connectivity index (χ4v) is 3.01. The van der Waals surface area contributed by atoms with Crippen LogP contribution in [-0.2, 0) is 28.6 Å². The molecule has 22 heavy (non-hydrogen) atoms. The van der Waals surface area contributed by atoms with Gasteiger partial charge >= 0.3 is 17.9 Å². The van der Waals surface area contributed by atoms with Gasteiger partial charge < -0.3 is 19.5 Å².